The molecule has 1 saturated carbocycles. The molecule has 1 N–H and O–H groups in total. The summed E-state index contributed by atoms with van der Waals surface area (Å²) in [6.07, 6.45) is -1.24. The average Bonchev–Trinajstić information content (AvgIpc) is 3.22. The first-order chi connectivity index (χ1) is 15.8. The van der Waals surface area contributed by atoms with E-state index in [2.05, 4.69) is 15.2 Å². The zero-order chi connectivity index (χ0) is 23.3. The number of alkyl halides is 2. The highest BCUT2D eigenvalue weighted by atomic mass is 35.5. The molecule has 0 spiro atoms. The number of nitrogens with zero attached hydrogens (tertiary/aromatic N) is 4. The van der Waals surface area contributed by atoms with Crippen LogP contribution in [0.2, 0.25) is 5.02 Å². The van der Waals surface area contributed by atoms with Crippen LogP contribution in [0.25, 0.3) is 17.3 Å². The molecule has 7 nitrogen and oxygen atoms in total. The van der Waals surface area contributed by atoms with Gasteiger partial charge < -0.3 is 9.63 Å². The third-order valence-corrected chi connectivity index (χ3v) is 6.16. The summed E-state index contributed by atoms with van der Waals surface area (Å²) in [6.45, 7) is 1.97. The summed E-state index contributed by atoms with van der Waals surface area (Å²) in [4.78, 5) is 15.6. The second-order valence-electron chi connectivity index (χ2n) is 7.96. The second kappa shape index (κ2) is 7.77. The summed E-state index contributed by atoms with van der Waals surface area (Å²) in [7, 11) is 0. The molecule has 33 heavy (non-hydrogen) atoms. The van der Waals surface area contributed by atoms with Gasteiger partial charge in [0, 0.05) is 5.02 Å². The lowest BCUT2D eigenvalue weighted by Crippen LogP contribution is -2.13. The first-order valence-electron chi connectivity index (χ1n) is 10.1. The minimum Gasteiger partial charge on any atom is -0.478 e. The lowest BCUT2D eigenvalue weighted by molar-refractivity contribution is 0.0697. The molecule has 0 unspecified atom stereocenters. The fraction of sp³-hybridized carbons (Fsp3) is 0.217. The standard InChI is InChI=1S/C23H17ClF2N4O3/c1-12-3-2-4-15(24)18(12)23(9-10-23)22-27-20(33-29-22)16-11-17(19(25)26)30(28-16)14-7-5-13(6-8-14)21(31)32/h2-8,11,19H,9-10H2,1H3,(H,31,32). The number of rotatable bonds is 6. The summed E-state index contributed by atoms with van der Waals surface area (Å²) in [5.41, 5.74) is 1.53. The van der Waals surface area contributed by atoms with Crippen LogP contribution in [0, 0.1) is 6.92 Å². The smallest absolute Gasteiger partial charge is 0.335 e. The van der Waals surface area contributed by atoms with Gasteiger partial charge in [-0.05, 0) is 67.3 Å². The molecule has 2 heterocycles. The number of hydrogen-bond acceptors (Lipinski definition) is 5. The van der Waals surface area contributed by atoms with Gasteiger partial charge in [0.1, 0.15) is 5.69 Å². The minimum atomic E-state index is -2.83. The molecule has 4 aromatic rings. The number of benzene rings is 2. The van der Waals surface area contributed by atoms with Crippen molar-refractivity contribution in [2.75, 3.05) is 0 Å². The number of hydrogen-bond donors (Lipinski definition) is 1. The summed E-state index contributed by atoms with van der Waals surface area (Å²) in [6, 6.07) is 12.3. The Bertz CT molecular complexity index is 1340. The van der Waals surface area contributed by atoms with Crippen molar-refractivity contribution in [2.45, 2.75) is 31.6 Å². The van der Waals surface area contributed by atoms with Crippen molar-refractivity contribution in [1.82, 2.24) is 19.9 Å². The summed E-state index contributed by atoms with van der Waals surface area (Å²) in [5, 5.41) is 18.0. The number of carbonyl (C=O) groups is 1. The lowest BCUT2D eigenvalue weighted by Gasteiger charge is -2.16. The van der Waals surface area contributed by atoms with Gasteiger partial charge in [-0.2, -0.15) is 10.1 Å². The van der Waals surface area contributed by atoms with Gasteiger partial charge in [0.25, 0.3) is 12.3 Å². The molecule has 1 fully saturated rings. The molecule has 1 aliphatic rings. The average molecular weight is 471 g/mol. The highest BCUT2D eigenvalue weighted by Crippen LogP contribution is 2.55. The molecule has 0 atom stereocenters. The van der Waals surface area contributed by atoms with Crippen molar-refractivity contribution in [3.8, 4) is 17.3 Å². The van der Waals surface area contributed by atoms with Crippen LogP contribution in [0.5, 0.6) is 0 Å². The molecule has 0 aliphatic heterocycles. The molecule has 5 rings (SSSR count). The molecular weight excluding hydrogens is 454 g/mol. The molecule has 1 aliphatic carbocycles. The molecule has 0 amide bonds. The maximum Gasteiger partial charge on any atom is 0.335 e. The Morgan fingerprint density at radius 2 is 1.94 bits per heavy atom. The van der Waals surface area contributed by atoms with E-state index in [9.17, 15) is 13.6 Å². The fourth-order valence-electron chi connectivity index (χ4n) is 4.08. The van der Waals surface area contributed by atoms with Gasteiger partial charge in [-0.25, -0.2) is 18.3 Å². The largest absolute Gasteiger partial charge is 0.478 e. The van der Waals surface area contributed by atoms with Crippen LogP contribution in [0.4, 0.5) is 8.78 Å². The zero-order valence-corrected chi connectivity index (χ0v) is 18.1. The molecule has 168 valence electrons. The van der Waals surface area contributed by atoms with E-state index in [1.807, 2.05) is 25.1 Å². The number of aromatic carboxylic acids is 1. The van der Waals surface area contributed by atoms with E-state index in [1.165, 1.54) is 30.3 Å². The number of carboxylic acid groups (broad SMARTS) is 1. The molecule has 0 bridgehead atoms. The summed E-state index contributed by atoms with van der Waals surface area (Å²) in [5.74, 6) is -0.658. The number of halogens is 3. The van der Waals surface area contributed by atoms with Crippen LogP contribution in [0.3, 0.4) is 0 Å². The number of carboxylic acids is 1. The maximum absolute atomic E-state index is 13.7. The van der Waals surface area contributed by atoms with E-state index in [4.69, 9.17) is 21.2 Å². The van der Waals surface area contributed by atoms with E-state index < -0.39 is 17.8 Å². The topological polar surface area (TPSA) is 94.0 Å². The molecule has 0 saturated heterocycles. The normalized spacial score (nSPS) is 14.6. The van der Waals surface area contributed by atoms with Gasteiger partial charge in [-0.1, -0.05) is 28.9 Å². The van der Waals surface area contributed by atoms with E-state index in [-0.39, 0.29) is 28.5 Å². The Labute approximate surface area is 191 Å². The van der Waals surface area contributed by atoms with Crippen LogP contribution in [-0.4, -0.2) is 31.0 Å². The van der Waals surface area contributed by atoms with E-state index >= 15 is 0 Å². The van der Waals surface area contributed by atoms with Crippen molar-refractivity contribution >= 4 is 17.6 Å². The van der Waals surface area contributed by atoms with Gasteiger partial charge in [0.15, 0.2) is 11.5 Å². The zero-order valence-electron chi connectivity index (χ0n) is 17.3. The van der Waals surface area contributed by atoms with Crippen LogP contribution in [-0.2, 0) is 5.41 Å². The summed E-state index contributed by atoms with van der Waals surface area (Å²) < 4.78 is 33.9. The van der Waals surface area contributed by atoms with Crippen LogP contribution in [0.15, 0.2) is 53.1 Å². The first kappa shape index (κ1) is 21.3. The predicted octanol–water partition coefficient (Wildman–Crippen LogP) is 5.60. The van der Waals surface area contributed by atoms with Crippen LogP contribution >= 0.6 is 11.6 Å². The number of aryl methyl sites for hydroxylation is 1. The van der Waals surface area contributed by atoms with Crippen molar-refractivity contribution in [2.24, 2.45) is 0 Å². The highest BCUT2D eigenvalue weighted by Gasteiger charge is 2.52. The van der Waals surface area contributed by atoms with Crippen molar-refractivity contribution in [3.05, 3.63) is 81.8 Å². The SMILES string of the molecule is Cc1cccc(Cl)c1C1(c2noc(-c3cc(C(F)F)n(-c4ccc(C(=O)O)cc4)n3)n2)CC1. The third kappa shape index (κ3) is 3.58. The van der Waals surface area contributed by atoms with Gasteiger partial charge in [0.2, 0.25) is 0 Å². The van der Waals surface area contributed by atoms with Crippen LogP contribution < -0.4 is 0 Å². The number of aromatic nitrogens is 4. The Kier molecular flexibility index (Phi) is 5.01. The first-order valence-corrected chi connectivity index (χ1v) is 10.5. The Morgan fingerprint density at radius 1 is 1.21 bits per heavy atom. The minimum absolute atomic E-state index is 0.0174. The van der Waals surface area contributed by atoms with Crippen molar-refractivity contribution < 1.29 is 23.2 Å². The van der Waals surface area contributed by atoms with E-state index in [0.29, 0.717) is 10.8 Å². The molecular formula is C23H17ClF2N4O3. The van der Waals surface area contributed by atoms with Gasteiger partial charge in [-0.15, -0.1) is 0 Å². The maximum atomic E-state index is 13.7. The lowest BCUT2D eigenvalue weighted by atomic mass is 9.91. The third-order valence-electron chi connectivity index (χ3n) is 5.84. The quantitative estimate of drug-likeness (QED) is 0.394. The Hall–Kier alpha value is -3.59. The Morgan fingerprint density at radius 3 is 2.55 bits per heavy atom. The molecule has 2 aromatic carbocycles. The second-order valence-corrected chi connectivity index (χ2v) is 8.36. The van der Waals surface area contributed by atoms with Gasteiger partial charge in [0.05, 0.1) is 16.7 Å². The monoisotopic (exact) mass is 470 g/mol. The molecule has 0 radical (unpaired) electrons. The Balaban J connectivity index is 1.53. The van der Waals surface area contributed by atoms with Crippen LogP contribution in [0.1, 0.15) is 52.3 Å². The van der Waals surface area contributed by atoms with Crippen molar-refractivity contribution in [3.63, 3.8) is 0 Å². The van der Waals surface area contributed by atoms with Crippen molar-refractivity contribution in [1.29, 1.82) is 0 Å². The van der Waals surface area contributed by atoms with Gasteiger partial charge >= 0.3 is 5.97 Å². The highest BCUT2D eigenvalue weighted by molar-refractivity contribution is 6.31. The van der Waals surface area contributed by atoms with Gasteiger partial charge in [-0.3, -0.25) is 0 Å². The predicted molar refractivity (Wildman–Crippen MR) is 115 cm³/mol. The fourth-order valence-corrected chi connectivity index (χ4v) is 4.48. The molecule has 2 aromatic heterocycles. The van der Waals surface area contributed by atoms with E-state index in [0.717, 1.165) is 28.7 Å². The van der Waals surface area contributed by atoms with E-state index in [1.54, 1.807) is 0 Å². The molecule has 10 heteroatoms. The summed E-state index contributed by atoms with van der Waals surface area (Å²) >= 11 is 6.46.